The number of rotatable bonds is 11. The zero-order valence-corrected chi connectivity index (χ0v) is 18.1. The monoisotopic (exact) mass is 433 g/mol. The first-order valence-corrected chi connectivity index (χ1v) is 10.8. The van der Waals surface area contributed by atoms with Gasteiger partial charge in [-0.1, -0.05) is 18.2 Å². The van der Waals surface area contributed by atoms with Crippen molar-refractivity contribution in [3.05, 3.63) is 66.7 Å². The Morgan fingerprint density at radius 2 is 1.44 bits per heavy atom. The van der Waals surface area contributed by atoms with Crippen LogP contribution in [0.1, 0.15) is 19.3 Å². The van der Waals surface area contributed by atoms with Gasteiger partial charge in [-0.15, -0.1) is 0 Å². The minimum absolute atomic E-state index is 0.0764. The zero-order chi connectivity index (χ0) is 22.3. The van der Waals surface area contributed by atoms with Crippen molar-refractivity contribution < 1.29 is 24.1 Å². The molecule has 0 aliphatic rings. The van der Waals surface area contributed by atoms with Crippen LogP contribution in [-0.2, 0) is 11.3 Å². The van der Waals surface area contributed by atoms with Crippen LogP contribution in [0.4, 0.5) is 0 Å². The molecular formula is C26H27NO5. The number of hydrogen-bond acceptors (Lipinski definition) is 4. The fourth-order valence-corrected chi connectivity index (χ4v) is 3.82. The normalized spacial score (nSPS) is 11.0. The number of nitrogens with zero attached hydrogens (tertiary/aromatic N) is 1. The van der Waals surface area contributed by atoms with Crippen LogP contribution in [-0.4, -0.2) is 36.0 Å². The number of fused-ring (bicyclic) bond motifs is 3. The number of aliphatic carboxylic acids is 1. The van der Waals surface area contributed by atoms with Crippen LogP contribution in [0.3, 0.4) is 0 Å². The van der Waals surface area contributed by atoms with E-state index in [0.717, 1.165) is 51.9 Å². The van der Waals surface area contributed by atoms with Crippen LogP contribution < -0.4 is 14.2 Å². The van der Waals surface area contributed by atoms with Gasteiger partial charge in [0.05, 0.1) is 32.3 Å². The number of unbranched alkanes of at least 4 members (excludes halogenated alkanes) is 1. The summed E-state index contributed by atoms with van der Waals surface area (Å²) >= 11 is 0. The van der Waals surface area contributed by atoms with E-state index in [2.05, 4.69) is 16.7 Å². The predicted octanol–water partition coefficient (Wildman–Crippen LogP) is 5.52. The number of methoxy groups -OCH3 is 1. The Labute approximate surface area is 186 Å². The van der Waals surface area contributed by atoms with Crippen LogP contribution >= 0.6 is 0 Å². The first kappa shape index (κ1) is 21.6. The molecule has 6 heteroatoms. The van der Waals surface area contributed by atoms with Crippen molar-refractivity contribution in [2.45, 2.75) is 25.8 Å². The molecule has 0 radical (unpaired) electrons. The van der Waals surface area contributed by atoms with Crippen molar-refractivity contribution >= 4 is 27.8 Å². The second kappa shape index (κ2) is 10.1. The van der Waals surface area contributed by atoms with Crippen LogP contribution in [0, 0.1) is 0 Å². The average molecular weight is 434 g/mol. The maximum absolute atomic E-state index is 11.1. The Bertz CT molecular complexity index is 1200. The SMILES string of the molecule is COc1ccc(OCCCCOc2ccc3c4ccccc4n(CCC(=O)O)c3c2)cc1. The van der Waals surface area contributed by atoms with E-state index >= 15 is 0 Å². The Morgan fingerprint density at radius 3 is 2.16 bits per heavy atom. The number of aromatic nitrogens is 1. The third kappa shape index (κ3) is 4.97. The molecule has 0 unspecified atom stereocenters. The highest BCUT2D eigenvalue weighted by molar-refractivity contribution is 6.08. The van der Waals surface area contributed by atoms with Crippen LogP contribution in [0.25, 0.3) is 21.8 Å². The first-order valence-electron chi connectivity index (χ1n) is 10.8. The molecule has 1 N–H and O–H groups in total. The quantitative estimate of drug-likeness (QED) is 0.316. The summed E-state index contributed by atoms with van der Waals surface area (Å²) in [5, 5.41) is 11.4. The number of para-hydroxylation sites is 1. The molecular weight excluding hydrogens is 406 g/mol. The molecule has 0 bridgehead atoms. The van der Waals surface area contributed by atoms with Gasteiger partial charge in [0.15, 0.2) is 0 Å². The standard InChI is InChI=1S/C26H27NO5/c1-30-19-8-10-20(11-9-19)31-16-4-5-17-32-21-12-13-23-22-6-2-3-7-24(22)27(25(23)18-21)15-14-26(28)29/h2-3,6-13,18H,4-5,14-17H2,1H3,(H,28,29). The highest BCUT2D eigenvalue weighted by atomic mass is 16.5. The number of hydrogen-bond donors (Lipinski definition) is 1. The van der Waals surface area contributed by atoms with Gasteiger partial charge in [-0.05, 0) is 55.3 Å². The maximum Gasteiger partial charge on any atom is 0.305 e. The van der Waals surface area contributed by atoms with Gasteiger partial charge in [0, 0.05) is 28.9 Å². The summed E-state index contributed by atoms with van der Waals surface area (Å²) in [7, 11) is 1.64. The molecule has 0 fully saturated rings. The highest BCUT2D eigenvalue weighted by Crippen LogP contribution is 2.32. The Hall–Kier alpha value is -3.67. The van der Waals surface area contributed by atoms with E-state index < -0.39 is 5.97 Å². The molecule has 0 aliphatic carbocycles. The molecule has 1 aromatic heterocycles. The molecule has 0 spiro atoms. The Morgan fingerprint density at radius 1 is 0.812 bits per heavy atom. The van der Waals surface area contributed by atoms with Crippen molar-refractivity contribution in [2.24, 2.45) is 0 Å². The second-order valence-corrected chi connectivity index (χ2v) is 7.57. The number of carboxylic acid groups (broad SMARTS) is 1. The van der Waals surface area contributed by atoms with Crippen LogP contribution in [0.15, 0.2) is 66.7 Å². The molecule has 3 aromatic carbocycles. The topological polar surface area (TPSA) is 69.9 Å². The van der Waals surface area contributed by atoms with Crippen molar-refractivity contribution in [2.75, 3.05) is 20.3 Å². The fourth-order valence-electron chi connectivity index (χ4n) is 3.82. The molecule has 32 heavy (non-hydrogen) atoms. The predicted molar refractivity (Wildman–Crippen MR) is 125 cm³/mol. The average Bonchev–Trinajstić information content (AvgIpc) is 3.13. The number of aryl methyl sites for hydroxylation is 1. The number of ether oxygens (including phenoxy) is 3. The Balaban J connectivity index is 1.35. The van der Waals surface area contributed by atoms with Gasteiger partial charge in [0.1, 0.15) is 17.2 Å². The molecule has 4 rings (SSSR count). The Kier molecular flexibility index (Phi) is 6.80. The lowest BCUT2D eigenvalue weighted by Gasteiger charge is -2.10. The summed E-state index contributed by atoms with van der Waals surface area (Å²) in [4.78, 5) is 11.1. The van der Waals surface area contributed by atoms with Crippen LogP contribution in [0.2, 0.25) is 0 Å². The molecule has 166 valence electrons. The smallest absolute Gasteiger partial charge is 0.305 e. The van der Waals surface area contributed by atoms with Gasteiger partial charge >= 0.3 is 5.97 Å². The molecule has 0 saturated carbocycles. The van der Waals surface area contributed by atoms with Gasteiger partial charge < -0.3 is 23.9 Å². The second-order valence-electron chi connectivity index (χ2n) is 7.57. The van der Waals surface area contributed by atoms with Gasteiger partial charge in [-0.2, -0.15) is 0 Å². The number of carbonyl (C=O) groups is 1. The third-order valence-corrected chi connectivity index (χ3v) is 5.43. The maximum atomic E-state index is 11.1. The summed E-state index contributed by atoms with van der Waals surface area (Å²) in [6.07, 6.45) is 1.83. The summed E-state index contributed by atoms with van der Waals surface area (Å²) in [6.45, 7) is 1.64. The first-order chi connectivity index (χ1) is 15.7. The molecule has 4 aromatic rings. The number of benzene rings is 3. The van der Waals surface area contributed by atoms with E-state index in [1.54, 1.807) is 7.11 Å². The number of carboxylic acids is 1. The molecule has 0 amide bonds. The zero-order valence-electron chi connectivity index (χ0n) is 18.1. The lowest BCUT2D eigenvalue weighted by molar-refractivity contribution is -0.137. The molecule has 0 aliphatic heterocycles. The van der Waals surface area contributed by atoms with Gasteiger partial charge in [0.25, 0.3) is 0 Å². The van der Waals surface area contributed by atoms with Crippen LogP contribution in [0.5, 0.6) is 17.2 Å². The molecule has 6 nitrogen and oxygen atoms in total. The van der Waals surface area contributed by atoms with E-state index in [1.807, 2.05) is 54.6 Å². The summed E-state index contributed by atoms with van der Waals surface area (Å²) in [5.74, 6) is 1.62. The van der Waals surface area contributed by atoms with Crippen molar-refractivity contribution in [3.8, 4) is 17.2 Å². The van der Waals surface area contributed by atoms with Gasteiger partial charge in [-0.3, -0.25) is 4.79 Å². The van der Waals surface area contributed by atoms with Gasteiger partial charge in [-0.25, -0.2) is 0 Å². The molecule has 1 heterocycles. The summed E-state index contributed by atoms with van der Waals surface area (Å²) in [6, 6.07) is 21.7. The largest absolute Gasteiger partial charge is 0.497 e. The van der Waals surface area contributed by atoms with E-state index in [1.165, 1.54) is 0 Å². The molecule has 0 saturated heterocycles. The minimum atomic E-state index is -0.805. The van der Waals surface area contributed by atoms with E-state index in [9.17, 15) is 4.79 Å². The van der Waals surface area contributed by atoms with Crippen molar-refractivity contribution in [3.63, 3.8) is 0 Å². The van der Waals surface area contributed by atoms with E-state index in [-0.39, 0.29) is 6.42 Å². The lowest BCUT2D eigenvalue weighted by atomic mass is 10.1. The fraction of sp³-hybridized carbons (Fsp3) is 0.269. The van der Waals surface area contributed by atoms with E-state index in [4.69, 9.17) is 19.3 Å². The molecule has 0 atom stereocenters. The van der Waals surface area contributed by atoms with Crippen molar-refractivity contribution in [1.82, 2.24) is 4.57 Å². The van der Waals surface area contributed by atoms with E-state index in [0.29, 0.717) is 19.8 Å². The van der Waals surface area contributed by atoms with Crippen molar-refractivity contribution in [1.29, 1.82) is 0 Å². The summed E-state index contributed by atoms with van der Waals surface area (Å²) in [5.41, 5.74) is 2.03. The van der Waals surface area contributed by atoms with Gasteiger partial charge in [0.2, 0.25) is 0 Å². The third-order valence-electron chi connectivity index (χ3n) is 5.43. The summed E-state index contributed by atoms with van der Waals surface area (Å²) < 4.78 is 18.9. The minimum Gasteiger partial charge on any atom is -0.497 e. The lowest BCUT2D eigenvalue weighted by Crippen LogP contribution is -2.05. The highest BCUT2D eigenvalue weighted by Gasteiger charge is 2.12.